The number of anilines is 1. The molecule has 2 nitrogen and oxygen atoms in total. The molecule has 0 aliphatic carbocycles. The van der Waals surface area contributed by atoms with Gasteiger partial charge >= 0.3 is 0 Å². The predicted molar refractivity (Wildman–Crippen MR) is 80.5 cm³/mol. The number of aryl methyl sites for hydroxylation is 1. The van der Waals surface area contributed by atoms with Crippen molar-refractivity contribution in [1.29, 1.82) is 0 Å². The summed E-state index contributed by atoms with van der Waals surface area (Å²) >= 11 is 0. The molecule has 1 atom stereocenters. The van der Waals surface area contributed by atoms with Gasteiger partial charge in [0.05, 0.1) is 11.7 Å². The molecule has 1 fully saturated rings. The van der Waals surface area contributed by atoms with Crippen LogP contribution in [0.15, 0.2) is 42.5 Å². The maximum atomic E-state index is 14.3. The molecule has 1 saturated heterocycles. The number of piperazine rings is 1. The number of nitrogens with zero attached hydrogens (tertiary/aromatic N) is 1. The second kappa shape index (κ2) is 5.82. The monoisotopic (exact) mass is 288 g/mol. The molecule has 110 valence electrons. The minimum atomic E-state index is -0.364. The highest BCUT2D eigenvalue weighted by Crippen LogP contribution is 2.31. The molecule has 2 aromatic carbocycles. The van der Waals surface area contributed by atoms with Crippen molar-refractivity contribution in [2.24, 2.45) is 0 Å². The van der Waals surface area contributed by atoms with Crippen LogP contribution in [0, 0.1) is 18.6 Å². The average Bonchev–Trinajstić information content (AvgIpc) is 2.52. The Morgan fingerprint density at radius 1 is 1.10 bits per heavy atom. The highest BCUT2D eigenvalue weighted by atomic mass is 19.1. The van der Waals surface area contributed by atoms with E-state index >= 15 is 0 Å². The van der Waals surface area contributed by atoms with Gasteiger partial charge in [-0.2, -0.15) is 0 Å². The van der Waals surface area contributed by atoms with Crippen LogP contribution in [0.2, 0.25) is 0 Å². The maximum absolute atomic E-state index is 14.3. The third kappa shape index (κ3) is 2.76. The summed E-state index contributed by atoms with van der Waals surface area (Å²) in [7, 11) is 0. The maximum Gasteiger partial charge on any atom is 0.146 e. The molecule has 0 radical (unpaired) electrons. The van der Waals surface area contributed by atoms with Gasteiger partial charge < -0.3 is 10.2 Å². The molecule has 1 N–H and O–H groups in total. The first kappa shape index (κ1) is 14.0. The van der Waals surface area contributed by atoms with E-state index in [4.69, 9.17) is 0 Å². The standard InChI is InChI=1S/C17H18F2N2/c1-12-9-15(19)16(10-14(12)18)21-8-7-20-11-17(21)13-5-3-2-4-6-13/h2-6,9-10,17,20H,7-8,11H2,1H3. The summed E-state index contributed by atoms with van der Waals surface area (Å²) < 4.78 is 28.1. The van der Waals surface area contributed by atoms with Crippen LogP contribution < -0.4 is 10.2 Å². The Morgan fingerprint density at radius 3 is 2.62 bits per heavy atom. The molecule has 0 spiro atoms. The fraction of sp³-hybridized carbons (Fsp3) is 0.294. The zero-order valence-electron chi connectivity index (χ0n) is 11.9. The van der Waals surface area contributed by atoms with Crippen LogP contribution in [0.5, 0.6) is 0 Å². The first-order valence-corrected chi connectivity index (χ1v) is 7.15. The van der Waals surface area contributed by atoms with Crippen LogP contribution >= 0.6 is 0 Å². The predicted octanol–water partition coefficient (Wildman–Crippen LogP) is 3.42. The van der Waals surface area contributed by atoms with Crippen molar-refractivity contribution in [3.8, 4) is 0 Å². The lowest BCUT2D eigenvalue weighted by Crippen LogP contribution is -2.46. The first-order valence-electron chi connectivity index (χ1n) is 7.15. The number of rotatable bonds is 2. The fourth-order valence-electron chi connectivity index (χ4n) is 2.82. The minimum Gasteiger partial charge on any atom is -0.359 e. The van der Waals surface area contributed by atoms with E-state index in [0.717, 1.165) is 18.7 Å². The van der Waals surface area contributed by atoms with Crippen molar-refractivity contribution in [3.05, 3.63) is 65.2 Å². The van der Waals surface area contributed by atoms with Gasteiger partial charge in [-0.15, -0.1) is 0 Å². The van der Waals surface area contributed by atoms with E-state index in [-0.39, 0.29) is 17.7 Å². The van der Waals surface area contributed by atoms with Gasteiger partial charge in [0.15, 0.2) is 0 Å². The minimum absolute atomic E-state index is 0.0107. The number of halogens is 2. The summed E-state index contributed by atoms with van der Waals surface area (Å²) in [6.45, 7) is 3.71. The Morgan fingerprint density at radius 2 is 1.86 bits per heavy atom. The average molecular weight is 288 g/mol. The number of nitrogens with one attached hydrogen (secondary N) is 1. The summed E-state index contributed by atoms with van der Waals surface area (Å²) in [6, 6.07) is 12.5. The summed E-state index contributed by atoms with van der Waals surface area (Å²) in [5.41, 5.74) is 1.78. The van der Waals surface area contributed by atoms with E-state index in [2.05, 4.69) is 5.32 Å². The van der Waals surface area contributed by atoms with Crippen molar-refractivity contribution in [3.63, 3.8) is 0 Å². The second-order valence-electron chi connectivity index (χ2n) is 5.38. The number of hydrogen-bond donors (Lipinski definition) is 1. The lowest BCUT2D eigenvalue weighted by atomic mass is 10.0. The van der Waals surface area contributed by atoms with Crippen molar-refractivity contribution in [1.82, 2.24) is 5.32 Å². The molecule has 0 saturated carbocycles. The summed E-state index contributed by atoms with van der Waals surface area (Å²) in [6.07, 6.45) is 0. The third-order valence-corrected chi connectivity index (χ3v) is 3.97. The first-order chi connectivity index (χ1) is 10.2. The molecular formula is C17H18F2N2. The van der Waals surface area contributed by atoms with E-state index in [1.807, 2.05) is 35.2 Å². The summed E-state index contributed by atoms with van der Waals surface area (Å²) in [4.78, 5) is 1.95. The molecule has 1 aliphatic heterocycles. The van der Waals surface area contributed by atoms with Crippen molar-refractivity contribution in [2.45, 2.75) is 13.0 Å². The third-order valence-electron chi connectivity index (χ3n) is 3.97. The summed E-state index contributed by atoms with van der Waals surface area (Å²) in [5.74, 6) is -0.728. The van der Waals surface area contributed by atoms with Gasteiger partial charge in [0.1, 0.15) is 11.6 Å². The molecule has 1 unspecified atom stereocenters. The van der Waals surface area contributed by atoms with Gasteiger partial charge in [-0.1, -0.05) is 30.3 Å². The van der Waals surface area contributed by atoms with Crippen LogP contribution in [0.25, 0.3) is 0 Å². The number of benzene rings is 2. The summed E-state index contributed by atoms with van der Waals surface area (Å²) in [5, 5.41) is 3.32. The van der Waals surface area contributed by atoms with Crippen LogP contribution in [-0.2, 0) is 0 Å². The molecular weight excluding hydrogens is 270 g/mol. The SMILES string of the molecule is Cc1cc(F)c(N2CCNCC2c2ccccc2)cc1F. The van der Waals surface area contributed by atoms with E-state index in [0.29, 0.717) is 17.8 Å². The zero-order chi connectivity index (χ0) is 14.8. The van der Waals surface area contributed by atoms with E-state index in [1.165, 1.54) is 12.1 Å². The van der Waals surface area contributed by atoms with Gasteiger partial charge in [0.25, 0.3) is 0 Å². The Labute approximate surface area is 123 Å². The van der Waals surface area contributed by atoms with Gasteiger partial charge in [-0.25, -0.2) is 8.78 Å². The molecule has 1 aliphatic rings. The molecule has 3 rings (SSSR count). The Kier molecular flexibility index (Phi) is 3.88. The zero-order valence-corrected chi connectivity index (χ0v) is 11.9. The largest absolute Gasteiger partial charge is 0.359 e. The molecule has 0 aromatic heterocycles. The molecule has 1 heterocycles. The van der Waals surface area contributed by atoms with E-state index in [9.17, 15) is 8.78 Å². The molecule has 21 heavy (non-hydrogen) atoms. The lowest BCUT2D eigenvalue weighted by molar-refractivity contribution is 0.478. The normalized spacial score (nSPS) is 18.8. The highest BCUT2D eigenvalue weighted by Gasteiger charge is 2.26. The van der Waals surface area contributed by atoms with Crippen molar-refractivity contribution >= 4 is 5.69 Å². The van der Waals surface area contributed by atoms with Gasteiger partial charge in [0, 0.05) is 25.7 Å². The quantitative estimate of drug-likeness (QED) is 0.911. The molecule has 0 bridgehead atoms. The molecule has 2 aromatic rings. The molecule has 0 amide bonds. The second-order valence-corrected chi connectivity index (χ2v) is 5.38. The van der Waals surface area contributed by atoms with Gasteiger partial charge in [0.2, 0.25) is 0 Å². The number of hydrogen-bond acceptors (Lipinski definition) is 2. The van der Waals surface area contributed by atoms with E-state index < -0.39 is 0 Å². The Balaban J connectivity index is 2.00. The van der Waals surface area contributed by atoms with Crippen molar-refractivity contribution in [2.75, 3.05) is 24.5 Å². The van der Waals surface area contributed by atoms with Gasteiger partial charge in [-0.3, -0.25) is 0 Å². The fourth-order valence-corrected chi connectivity index (χ4v) is 2.82. The van der Waals surface area contributed by atoms with Crippen LogP contribution in [0.4, 0.5) is 14.5 Å². The highest BCUT2D eigenvalue weighted by molar-refractivity contribution is 5.52. The Bertz CT molecular complexity index is 628. The van der Waals surface area contributed by atoms with Crippen molar-refractivity contribution < 1.29 is 8.78 Å². The topological polar surface area (TPSA) is 15.3 Å². The van der Waals surface area contributed by atoms with Crippen LogP contribution in [0.3, 0.4) is 0 Å². The lowest BCUT2D eigenvalue weighted by Gasteiger charge is -2.38. The smallest absolute Gasteiger partial charge is 0.146 e. The van der Waals surface area contributed by atoms with Crippen LogP contribution in [-0.4, -0.2) is 19.6 Å². The van der Waals surface area contributed by atoms with E-state index in [1.54, 1.807) is 6.92 Å². The molecule has 4 heteroatoms. The van der Waals surface area contributed by atoms with Crippen LogP contribution in [0.1, 0.15) is 17.2 Å². The Hall–Kier alpha value is -1.94. The van der Waals surface area contributed by atoms with Gasteiger partial charge in [-0.05, 0) is 24.1 Å².